The van der Waals surface area contributed by atoms with Crippen molar-refractivity contribution in [2.75, 3.05) is 30.8 Å². The van der Waals surface area contributed by atoms with Gasteiger partial charge in [-0.3, -0.25) is 0 Å². The lowest BCUT2D eigenvalue weighted by molar-refractivity contribution is 0.252. The number of urea groups is 1. The Labute approximate surface area is 201 Å². The van der Waals surface area contributed by atoms with E-state index < -0.39 is 6.03 Å². The van der Waals surface area contributed by atoms with Crippen LogP contribution >= 0.6 is 23.2 Å². The van der Waals surface area contributed by atoms with E-state index in [0.29, 0.717) is 57.2 Å². The molecule has 0 aliphatic heterocycles. The second kappa shape index (κ2) is 10.0. The Hall–Kier alpha value is -3.43. The third-order valence-corrected chi connectivity index (χ3v) is 5.34. The minimum atomic E-state index is -0.391. The molecular weight excluding hydrogens is 462 g/mol. The average Bonchev–Trinajstić information content (AvgIpc) is 3.18. The van der Waals surface area contributed by atoms with E-state index in [1.165, 1.54) is 13.3 Å². The number of nitrogens with one attached hydrogen (secondary N) is 3. The number of hydrogen-bond donors (Lipinski definition) is 3. The van der Waals surface area contributed by atoms with Gasteiger partial charge < -0.3 is 20.7 Å². The van der Waals surface area contributed by atoms with Crippen LogP contribution in [0.2, 0.25) is 10.0 Å². The maximum absolute atomic E-state index is 12.3. The Balaban J connectivity index is 1.44. The van der Waals surface area contributed by atoms with Gasteiger partial charge >= 0.3 is 6.03 Å². The summed E-state index contributed by atoms with van der Waals surface area (Å²) in [6, 6.07) is 13.8. The lowest BCUT2D eigenvalue weighted by atomic mass is 10.0. The molecule has 33 heavy (non-hydrogen) atoms. The van der Waals surface area contributed by atoms with Crippen molar-refractivity contribution in [1.82, 2.24) is 19.9 Å². The first-order valence-electron chi connectivity index (χ1n) is 9.97. The Morgan fingerprint density at radius 1 is 1.15 bits per heavy atom. The van der Waals surface area contributed by atoms with Crippen LogP contribution in [0.1, 0.15) is 0 Å². The van der Waals surface area contributed by atoms with Gasteiger partial charge in [-0.05, 0) is 29.7 Å². The Morgan fingerprint density at radius 3 is 2.76 bits per heavy atom. The average molecular weight is 481 g/mol. The van der Waals surface area contributed by atoms with Crippen molar-refractivity contribution in [1.29, 1.82) is 0 Å². The van der Waals surface area contributed by atoms with Crippen LogP contribution in [0.15, 0.2) is 54.7 Å². The van der Waals surface area contributed by atoms with Crippen LogP contribution in [0.5, 0.6) is 5.75 Å². The summed E-state index contributed by atoms with van der Waals surface area (Å²) in [5, 5.41) is 14.1. The minimum absolute atomic E-state index is 0.330. The van der Waals surface area contributed by atoms with Crippen LogP contribution < -0.4 is 26.2 Å². The number of hydrogen-bond acceptors (Lipinski definition) is 5. The standard InChI is InChI=1S/C22H19BCl2N6O2/c1-33-19-7-6-13(24)10-18(19)30-22(32)27-9-8-26-20-11-17(14-4-2-3-5-16(14)25)29-21-15(23)12-28-31(20)21/h2-7,10-12,26H,8-9H2,1H3,(H2,27,30,32). The van der Waals surface area contributed by atoms with Gasteiger partial charge in [0.25, 0.3) is 0 Å². The maximum atomic E-state index is 12.3. The van der Waals surface area contributed by atoms with Crippen molar-refractivity contribution < 1.29 is 9.53 Å². The van der Waals surface area contributed by atoms with Crippen molar-refractivity contribution in [3.8, 4) is 17.0 Å². The molecule has 166 valence electrons. The number of rotatable bonds is 7. The lowest BCUT2D eigenvalue weighted by Gasteiger charge is -2.13. The molecule has 0 spiro atoms. The summed E-state index contributed by atoms with van der Waals surface area (Å²) >= 11 is 12.4. The van der Waals surface area contributed by atoms with Gasteiger partial charge in [0.1, 0.15) is 19.4 Å². The number of nitrogens with zero attached hydrogens (tertiary/aromatic N) is 3. The molecule has 4 rings (SSSR count). The second-order valence-electron chi connectivity index (χ2n) is 6.99. The zero-order valence-corrected chi connectivity index (χ0v) is 19.1. The number of fused-ring (bicyclic) bond motifs is 1. The number of benzene rings is 2. The normalized spacial score (nSPS) is 10.8. The van der Waals surface area contributed by atoms with E-state index in [9.17, 15) is 4.79 Å². The van der Waals surface area contributed by atoms with Crippen LogP contribution in [0.25, 0.3) is 16.9 Å². The monoisotopic (exact) mass is 480 g/mol. The van der Waals surface area contributed by atoms with E-state index >= 15 is 0 Å². The maximum Gasteiger partial charge on any atom is 0.319 e. The number of carbonyl (C=O) groups excluding carboxylic acids is 1. The number of amides is 2. The van der Waals surface area contributed by atoms with E-state index in [2.05, 4.69) is 26.0 Å². The van der Waals surface area contributed by atoms with Crippen LogP contribution in [0.4, 0.5) is 16.3 Å². The molecule has 2 aromatic carbocycles. The van der Waals surface area contributed by atoms with Crippen molar-refractivity contribution in [3.63, 3.8) is 0 Å². The smallest absolute Gasteiger partial charge is 0.319 e. The predicted octanol–water partition coefficient (Wildman–Crippen LogP) is 3.74. The summed E-state index contributed by atoms with van der Waals surface area (Å²) in [6.45, 7) is 0.748. The van der Waals surface area contributed by atoms with Gasteiger partial charge in [0.2, 0.25) is 0 Å². The molecule has 0 aliphatic rings. The molecule has 4 aromatic rings. The van der Waals surface area contributed by atoms with Crippen molar-refractivity contribution in [2.24, 2.45) is 0 Å². The van der Waals surface area contributed by atoms with Gasteiger partial charge in [-0.15, -0.1) is 0 Å². The fourth-order valence-corrected chi connectivity index (χ4v) is 3.63. The number of carbonyl (C=O) groups is 1. The summed E-state index contributed by atoms with van der Waals surface area (Å²) in [7, 11) is 7.56. The van der Waals surface area contributed by atoms with Crippen LogP contribution in [-0.4, -0.2) is 48.7 Å². The molecule has 0 unspecified atom stereocenters. The molecule has 2 heterocycles. The fraction of sp³-hybridized carbons (Fsp3) is 0.136. The molecule has 3 N–H and O–H groups in total. The number of aromatic nitrogens is 3. The highest BCUT2D eigenvalue weighted by Gasteiger charge is 2.13. The summed E-state index contributed by atoms with van der Waals surface area (Å²) in [5.41, 5.74) is 2.86. The van der Waals surface area contributed by atoms with Gasteiger partial charge in [0.05, 0.1) is 18.5 Å². The highest BCUT2D eigenvalue weighted by molar-refractivity contribution is 6.36. The van der Waals surface area contributed by atoms with Crippen LogP contribution in [0.3, 0.4) is 0 Å². The van der Waals surface area contributed by atoms with Gasteiger partial charge in [-0.25, -0.2) is 9.78 Å². The molecule has 0 aliphatic carbocycles. The zero-order chi connectivity index (χ0) is 23.4. The summed E-state index contributed by atoms with van der Waals surface area (Å²) in [6.07, 6.45) is 1.54. The first-order valence-corrected chi connectivity index (χ1v) is 10.7. The van der Waals surface area contributed by atoms with Crippen LogP contribution in [0, 0.1) is 0 Å². The third-order valence-electron chi connectivity index (χ3n) is 4.78. The fourth-order valence-electron chi connectivity index (χ4n) is 3.22. The van der Waals surface area contributed by atoms with Gasteiger partial charge in [-0.2, -0.15) is 9.61 Å². The van der Waals surface area contributed by atoms with Crippen molar-refractivity contribution in [2.45, 2.75) is 0 Å². The molecular formula is C22H19BCl2N6O2. The molecule has 8 nitrogen and oxygen atoms in total. The molecule has 0 atom stereocenters. The van der Waals surface area contributed by atoms with E-state index in [1.807, 2.05) is 24.3 Å². The molecule has 11 heteroatoms. The zero-order valence-electron chi connectivity index (χ0n) is 17.6. The lowest BCUT2D eigenvalue weighted by Crippen LogP contribution is -2.33. The Kier molecular flexibility index (Phi) is 6.91. The van der Waals surface area contributed by atoms with Gasteiger partial charge in [0.15, 0.2) is 5.65 Å². The topological polar surface area (TPSA) is 92.6 Å². The summed E-state index contributed by atoms with van der Waals surface area (Å²) < 4.78 is 6.84. The highest BCUT2D eigenvalue weighted by Crippen LogP contribution is 2.29. The molecule has 2 aromatic heterocycles. The Morgan fingerprint density at radius 2 is 1.97 bits per heavy atom. The number of methoxy groups -OCH3 is 1. The number of anilines is 2. The van der Waals surface area contributed by atoms with Gasteiger partial charge in [-0.1, -0.05) is 41.4 Å². The first kappa shape index (κ1) is 22.8. The first-order chi connectivity index (χ1) is 16.0. The SMILES string of the molecule is [B]c1cnn2c(NCCNC(=O)Nc3cc(Cl)ccc3OC)cc(-c3ccccc3Cl)nc12. The van der Waals surface area contributed by atoms with Crippen molar-refractivity contribution >= 4 is 59.7 Å². The van der Waals surface area contributed by atoms with E-state index in [-0.39, 0.29) is 0 Å². The van der Waals surface area contributed by atoms with Gasteiger partial charge in [0, 0.05) is 41.0 Å². The summed E-state index contributed by atoms with van der Waals surface area (Å²) in [4.78, 5) is 16.9. The number of ether oxygens (including phenoxy) is 1. The molecule has 0 bridgehead atoms. The number of halogens is 2. The quantitative estimate of drug-likeness (QED) is 0.277. The third kappa shape index (κ3) is 5.15. The molecule has 0 saturated carbocycles. The summed E-state index contributed by atoms with van der Waals surface area (Å²) in [5.74, 6) is 1.17. The molecule has 0 fully saturated rings. The van der Waals surface area contributed by atoms with Crippen LogP contribution in [-0.2, 0) is 0 Å². The molecule has 2 amide bonds. The van der Waals surface area contributed by atoms with E-state index in [0.717, 1.165) is 5.56 Å². The highest BCUT2D eigenvalue weighted by atomic mass is 35.5. The Bertz CT molecular complexity index is 1310. The minimum Gasteiger partial charge on any atom is -0.495 e. The van der Waals surface area contributed by atoms with Crippen molar-refractivity contribution in [3.05, 3.63) is 64.8 Å². The molecule has 2 radical (unpaired) electrons. The van der Waals surface area contributed by atoms with E-state index in [4.69, 9.17) is 35.8 Å². The largest absolute Gasteiger partial charge is 0.495 e. The molecule has 0 saturated heterocycles. The predicted molar refractivity (Wildman–Crippen MR) is 132 cm³/mol. The second-order valence-corrected chi connectivity index (χ2v) is 7.84. The van der Waals surface area contributed by atoms with E-state index in [1.54, 1.807) is 28.8 Å².